The van der Waals surface area contributed by atoms with Crippen molar-refractivity contribution < 1.29 is 19.0 Å². The molecule has 0 amide bonds. The molecule has 1 atom stereocenters. The van der Waals surface area contributed by atoms with Gasteiger partial charge in [-0.15, -0.1) is 24.0 Å². The van der Waals surface area contributed by atoms with Gasteiger partial charge in [0.05, 0.1) is 26.9 Å². The van der Waals surface area contributed by atoms with Gasteiger partial charge in [0.25, 0.3) is 0 Å². The van der Waals surface area contributed by atoms with Crippen molar-refractivity contribution in [1.29, 1.82) is 0 Å². The first-order valence-electron chi connectivity index (χ1n) is 9.46. The summed E-state index contributed by atoms with van der Waals surface area (Å²) in [6.07, 6.45) is -0.821. The average Bonchev–Trinajstić information content (AvgIpc) is 2.77. The summed E-state index contributed by atoms with van der Waals surface area (Å²) in [5, 5.41) is 10.5. The molecular weight excluding hydrogens is 502 g/mol. The largest absolute Gasteiger partial charge is 0.497 e. The van der Waals surface area contributed by atoms with Gasteiger partial charge in [-0.05, 0) is 42.0 Å². The van der Waals surface area contributed by atoms with E-state index in [-0.39, 0.29) is 36.3 Å². The molecule has 1 aliphatic heterocycles. The Morgan fingerprint density at radius 3 is 2.17 bits per heavy atom. The van der Waals surface area contributed by atoms with Gasteiger partial charge >= 0.3 is 0 Å². The average molecular weight is 530 g/mol. The van der Waals surface area contributed by atoms with E-state index in [1.165, 1.54) is 12.1 Å². The van der Waals surface area contributed by atoms with Gasteiger partial charge in [0.15, 0.2) is 5.96 Å². The van der Waals surface area contributed by atoms with Crippen LogP contribution < -0.4 is 20.1 Å². The van der Waals surface area contributed by atoms with Crippen LogP contribution in [0.3, 0.4) is 0 Å². The first-order chi connectivity index (χ1) is 14.0. The van der Waals surface area contributed by atoms with Crippen molar-refractivity contribution in [2.75, 3.05) is 51.8 Å². The SMILES string of the molecule is COc1cc(OC)cc(C(O)CN=C(N)N2CCN(c3ccc(F)cc3)CC2)c1.I. The molecule has 1 saturated heterocycles. The Morgan fingerprint density at radius 2 is 1.63 bits per heavy atom. The van der Waals surface area contributed by atoms with Crippen LogP contribution >= 0.6 is 24.0 Å². The topological polar surface area (TPSA) is 83.5 Å². The Balaban J connectivity index is 0.00000320. The monoisotopic (exact) mass is 530 g/mol. The lowest BCUT2D eigenvalue weighted by molar-refractivity contribution is 0.185. The van der Waals surface area contributed by atoms with E-state index in [2.05, 4.69) is 9.89 Å². The third kappa shape index (κ3) is 6.11. The molecule has 0 radical (unpaired) electrons. The number of hydrogen-bond acceptors (Lipinski definition) is 5. The van der Waals surface area contributed by atoms with Gasteiger partial charge in [-0.25, -0.2) is 4.39 Å². The van der Waals surface area contributed by atoms with E-state index in [4.69, 9.17) is 15.2 Å². The van der Waals surface area contributed by atoms with Crippen LogP contribution in [0.4, 0.5) is 10.1 Å². The number of aliphatic hydroxyl groups is 1. The highest BCUT2D eigenvalue weighted by molar-refractivity contribution is 14.0. The maximum absolute atomic E-state index is 13.1. The minimum absolute atomic E-state index is 0. The number of rotatable bonds is 6. The number of guanidine groups is 1. The van der Waals surface area contributed by atoms with Gasteiger partial charge in [-0.2, -0.15) is 0 Å². The zero-order valence-electron chi connectivity index (χ0n) is 17.1. The minimum atomic E-state index is -0.821. The summed E-state index contributed by atoms with van der Waals surface area (Å²) in [5.74, 6) is 1.37. The van der Waals surface area contributed by atoms with E-state index in [0.717, 1.165) is 18.8 Å². The molecule has 1 unspecified atom stereocenters. The van der Waals surface area contributed by atoms with Crippen molar-refractivity contribution >= 4 is 35.6 Å². The summed E-state index contributed by atoms with van der Waals surface area (Å²) < 4.78 is 23.6. The number of nitrogens with zero attached hydrogens (tertiary/aromatic N) is 3. The Hall–Kier alpha value is -2.27. The molecule has 0 spiro atoms. The second kappa shape index (κ2) is 11.2. The van der Waals surface area contributed by atoms with Crippen molar-refractivity contribution in [3.05, 3.63) is 53.8 Å². The Kier molecular flexibility index (Phi) is 8.97. The smallest absolute Gasteiger partial charge is 0.191 e. The first kappa shape index (κ1) is 24.0. The van der Waals surface area contributed by atoms with Crippen LogP contribution in [-0.2, 0) is 0 Å². The lowest BCUT2D eigenvalue weighted by Crippen LogP contribution is -2.51. The van der Waals surface area contributed by atoms with Crippen molar-refractivity contribution in [3.63, 3.8) is 0 Å². The van der Waals surface area contributed by atoms with Gasteiger partial charge in [0, 0.05) is 37.9 Å². The maximum atomic E-state index is 13.1. The molecular formula is C21H28FIN4O3. The van der Waals surface area contributed by atoms with Crippen LogP contribution in [0.5, 0.6) is 11.5 Å². The fourth-order valence-electron chi connectivity index (χ4n) is 3.25. The molecule has 164 valence electrons. The first-order valence-corrected chi connectivity index (χ1v) is 9.46. The van der Waals surface area contributed by atoms with Gasteiger partial charge in [0.1, 0.15) is 17.3 Å². The van der Waals surface area contributed by atoms with E-state index >= 15 is 0 Å². The van der Waals surface area contributed by atoms with Crippen LogP contribution in [0.1, 0.15) is 11.7 Å². The maximum Gasteiger partial charge on any atom is 0.191 e. The summed E-state index contributed by atoms with van der Waals surface area (Å²) in [6, 6.07) is 11.7. The number of aliphatic imine (C=N–C) groups is 1. The number of nitrogens with two attached hydrogens (primary N) is 1. The number of methoxy groups -OCH3 is 2. The van der Waals surface area contributed by atoms with E-state index in [0.29, 0.717) is 36.1 Å². The van der Waals surface area contributed by atoms with Gasteiger partial charge < -0.3 is 30.1 Å². The molecule has 30 heavy (non-hydrogen) atoms. The summed E-state index contributed by atoms with van der Waals surface area (Å²) >= 11 is 0. The standard InChI is InChI=1S/C21H27FN4O3.HI/c1-28-18-11-15(12-19(13-18)29-2)20(27)14-24-21(23)26-9-7-25(8-10-26)17-5-3-16(22)4-6-17;/h3-6,11-13,20,27H,7-10,14H2,1-2H3,(H2,23,24);1H. The highest BCUT2D eigenvalue weighted by atomic mass is 127. The molecule has 9 heteroatoms. The summed E-state index contributed by atoms with van der Waals surface area (Å²) in [7, 11) is 3.12. The molecule has 2 aromatic carbocycles. The molecule has 0 bridgehead atoms. The quantitative estimate of drug-likeness (QED) is 0.340. The Bertz CT molecular complexity index is 820. The number of anilines is 1. The highest BCUT2D eigenvalue weighted by Gasteiger charge is 2.19. The van der Waals surface area contributed by atoms with Crippen molar-refractivity contribution in [2.45, 2.75) is 6.10 Å². The molecule has 0 saturated carbocycles. The van der Waals surface area contributed by atoms with Gasteiger partial charge in [0.2, 0.25) is 0 Å². The molecule has 0 aromatic heterocycles. The molecule has 0 aliphatic carbocycles. The summed E-state index contributed by atoms with van der Waals surface area (Å²) in [5.41, 5.74) is 7.78. The molecule has 3 rings (SSSR count). The summed E-state index contributed by atoms with van der Waals surface area (Å²) in [4.78, 5) is 8.53. The molecule has 3 N–H and O–H groups in total. The van der Waals surface area contributed by atoms with Crippen LogP contribution in [0.2, 0.25) is 0 Å². The number of benzene rings is 2. The van der Waals surface area contributed by atoms with Gasteiger partial charge in [-0.3, -0.25) is 4.99 Å². The minimum Gasteiger partial charge on any atom is -0.497 e. The third-order valence-corrected chi connectivity index (χ3v) is 4.98. The Labute approximate surface area is 193 Å². The lowest BCUT2D eigenvalue weighted by Gasteiger charge is -2.36. The van der Waals surface area contributed by atoms with Crippen LogP contribution in [0, 0.1) is 5.82 Å². The molecule has 7 nitrogen and oxygen atoms in total. The number of halogens is 2. The second-order valence-corrected chi connectivity index (χ2v) is 6.81. The predicted molar refractivity (Wildman–Crippen MR) is 127 cm³/mol. The van der Waals surface area contributed by atoms with E-state index in [1.54, 1.807) is 44.6 Å². The predicted octanol–water partition coefficient (Wildman–Crippen LogP) is 2.63. The van der Waals surface area contributed by atoms with Crippen molar-refractivity contribution in [1.82, 2.24) is 4.90 Å². The number of ether oxygens (including phenoxy) is 2. The summed E-state index contributed by atoms with van der Waals surface area (Å²) in [6.45, 7) is 3.07. The number of piperazine rings is 1. The van der Waals surface area contributed by atoms with E-state index in [1.807, 2.05) is 4.90 Å². The van der Waals surface area contributed by atoms with Gasteiger partial charge in [-0.1, -0.05) is 0 Å². The number of hydrogen-bond donors (Lipinski definition) is 2. The molecule has 1 fully saturated rings. The third-order valence-electron chi connectivity index (χ3n) is 4.98. The molecule has 1 heterocycles. The molecule has 2 aromatic rings. The lowest BCUT2D eigenvalue weighted by atomic mass is 10.1. The van der Waals surface area contributed by atoms with Crippen LogP contribution in [-0.4, -0.2) is 62.9 Å². The van der Waals surface area contributed by atoms with Crippen LogP contribution in [0.15, 0.2) is 47.5 Å². The van der Waals surface area contributed by atoms with E-state index in [9.17, 15) is 9.50 Å². The fourth-order valence-corrected chi connectivity index (χ4v) is 3.25. The highest BCUT2D eigenvalue weighted by Crippen LogP contribution is 2.26. The van der Waals surface area contributed by atoms with Crippen molar-refractivity contribution in [3.8, 4) is 11.5 Å². The second-order valence-electron chi connectivity index (χ2n) is 6.81. The zero-order chi connectivity index (χ0) is 20.8. The molecule has 1 aliphatic rings. The number of aliphatic hydroxyl groups excluding tert-OH is 1. The normalized spacial score (nSPS) is 15.4. The van der Waals surface area contributed by atoms with E-state index < -0.39 is 6.10 Å². The van der Waals surface area contributed by atoms with Crippen molar-refractivity contribution in [2.24, 2.45) is 10.7 Å². The Morgan fingerprint density at radius 1 is 1.07 bits per heavy atom. The fraction of sp³-hybridized carbons (Fsp3) is 0.381. The van der Waals surface area contributed by atoms with Crippen LogP contribution in [0.25, 0.3) is 0 Å². The zero-order valence-corrected chi connectivity index (χ0v) is 19.5.